The lowest BCUT2D eigenvalue weighted by molar-refractivity contribution is 0.0948. The van der Waals surface area contributed by atoms with Gasteiger partial charge in [-0.15, -0.1) is 0 Å². The molecule has 6 heteroatoms. The number of nitrogens with zero attached hydrogens (tertiary/aromatic N) is 2. The Labute approximate surface area is 120 Å². The molecule has 0 aromatic carbocycles. The van der Waals surface area contributed by atoms with Gasteiger partial charge < -0.3 is 20.3 Å². The van der Waals surface area contributed by atoms with Crippen molar-refractivity contribution in [3.63, 3.8) is 0 Å². The van der Waals surface area contributed by atoms with Gasteiger partial charge in [0.15, 0.2) is 0 Å². The second-order valence-electron chi connectivity index (χ2n) is 4.76. The molecule has 0 spiro atoms. The van der Waals surface area contributed by atoms with Gasteiger partial charge in [0.2, 0.25) is 0 Å². The summed E-state index contributed by atoms with van der Waals surface area (Å²) < 4.78 is 4.94. The zero-order chi connectivity index (χ0) is 14.8. The van der Waals surface area contributed by atoms with E-state index in [1.54, 1.807) is 25.4 Å². The van der Waals surface area contributed by atoms with Crippen LogP contribution >= 0.6 is 0 Å². The number of anilines is 1. The molecule has 2 N–H and O–H groups in total. The lowest BCUT2D eigenvalue weighted by atomic mass is 10.2. The maximum atomic E-state index is 11.9. The number of rotatable bonds is 9. The van der Waals surface area contributed by atoms with Crippen molar-refractivity contribution in [2.75, 3.05) is 52.8 Å². The Bertz CT molecular complexity index is 410. The van der Waals surface area contributed by atoms with Gasteiger partial charge in [-0.05, 0) is 32.6 Å². The molecule has 20 heavy (non-hydrogen) atoms. The minimum atomic E-state index is -0.0841. The summed E-state index contributed by atoms with van der Waals surface area (Å²) in [4.78, 5) is 18.2. The van der Waals surface area contributed by atoms with Gasteiger partial charge in [0.25, 0.3) is 5.91 Å². The van der Waals surface area contributed by atoms with Crippen molar-refractivity contribution in [2.45, 2.75) is 6.42 Å². The largest absolute Gasteiger partial charge is 0.385 e. The number of ether oxygens (including phenoxy) is 1. The Morgan fingerprint density at radius 3 is 2.90 bits per heavy atom. The van der Waals surface area contributed by atoms with E-state index in [4.69, 9.17) is 4.74 Å². The Morgan fingerprint density at radius 1 is 1.40 bits per heavy atom. The highest BCUT2D eigenvalue weighted by Crippen LogP contribution is 2.06. The summed E-state index contributed by atoms with van der Waals surface area (Å²) in [5.74, 6) is 0.635. The second-order valence-corrected chi connectivity index (χ2v) is 4.76. The van der Waals surface area contributed by atoms with Crippen molar-refractivity contribution in [2.24, 2.45) is 0 Å². The van der Waals surface area contributed by atoms with Crippen LogP contribution in [-0.2, 0) is 4.74 Å². The number of methoxy groups -OCH3 is 1. The number of aromatic nitrogens is 1. The average molecular weight is 280 g/mol. The minimum Gasteiger partial charge on any atom is -0.385 e. The minimum absolute atomic E-state index is 0.0841. The first-order valence-corrected chi connectivity index (χ1v) is 6.75. The molecule has 1 aromatic rings. The highest BCUT2D eigenvalue weighted by Gasteiger charge is 2.06. The van der Waals surface area contributed by atoms with Crippen LogP contribution in [0.3, 0.4) is 0 Å². The van der Waals surface area contributed by atoms with Crippen LogP contribution in [0.2, 0.25) is 0 Å². The van der Waals surface area contributed by atoms with E-state index in [2.05, 4.69) is 20.5 Å². The first-order valence-electron chi connectivity index (χ1n) is 6.75. The molecule has 0 atom stereocenters. The fourth-order valence-corrected chi connectivity index (χ4v) is 1.60. The summed E-state index contributed by atoms with van der Waals surface area (Å²) in [5.41, 5.74) is 0.616. The van der Waals surface area contributed by atoms with E-state index in [0.29, 0.717) is 18.7 Å². The molecule has 0 aliphatic carbocycles. The molecule has 0 aliphatic heterocycles. The van der Waals surface area contributed by atoms with Crippen LogP contribution in [0.25, 0.3) is 0 Å². The van der Waals surface area contributed by atoms with Gasteiger partial charge in [0, 0.05) is 45.1 Å². The third kappa shape index (κ3) is 6.49. The molecule has 1 aromatic heterocycles. The highest BCUT2D eigenvalue weighted by molar-refractivity contribution is 5.94. The SMILES string of the molecule is COCCCNC(=O)c1ccnc(NCCN(C)C)c1. The number of amides is 1. The summed E-state index contributed by atoms with van der Waals surface area (Å²) in [5, 5.41) is 6.05. The Balaban J connectivity index is 2.43. The van der Waals surface area contributed by atoms with Crippen LogP contribution in [0.4, 0.5) is 5.82 Å². The normalized spacial score (nSPS) is 10.6. The molecule has 0 bridgehead atoms. The Hall–Kier alpha value is -1.66. The molecular weight excluding hydrogens is 256 g/mol. The van der Waals surface area contributed by atoms with Crippen LogP contribution in [-0.4, -0.2) is 63.2 Å². The van der Waals surface area contributed by atoms with E-state index in [1.165, 1.54) is 0 Å². The van der Waals surface area contributed by atoms with E-state index < -0.39 is 0 Å². The second kappa shape index (κ2) is 9.28. The summed E-state index contributed by atoms with van der Waals surface area (Å²) in [7, 11) is 5.67. The maximum Gasteiger partial charge on any atom is 0.251 e. The van der Waals surface area contributed by atoms with Gasteiger partial charge in [-0.25, -0.2) is 4.98 Å². The number of nitrogens with one attached hydrogen (secondary N) is 2. The molecule has 0 radical (unpaired) electrons. The quantitative estimate of drug-likeness (QED) is 0.656. The predicted octanol–water partition coefficient (Wildman–Crippen LogP) is 0.821. The number of likely N-dealkylation sites (N-methyl/N-ethyl adjacent to an activating group) is 1. The number of carbonyl (C=O) groups excluding carboxylic acids is 1. The molecule has 6 nitrogen and oxygen atoms in total. The molecule has 1 rings (SSSR count). The van der Waals surface area contributed by atoms with Crippen LogP contribution in [0.15, 0.2) is 18.3 Å². The lowest BCUT2D eigenvalue weighted by Gasteiger charge is -2.11. The van der Waals surface area contributed by atoms with E-state index in [-0.39, 0.29) is 5.91 Å². The maximum absolute atomic E-state index is 11.9. The first-order chi connectivity index (χ1) is 9.63. The van der Waals surface area contributed by atoms with Gasteiger partial charge in [-0.3, -0.25) is 4.79 Å². The van der Waals surface area contributed by atoms with Crippen LogP contribution in [0.5, 0.6) is 0 Å². The Morgan fingerprint density at radius 2 is 2.20 bits per heavy atom. The first kappa shape index (κ1) is 16.4. The lowest BCUT2D eigenvalue weighted by Crippen LogP contribution is -2.25. The molecule has 0 unspecified atom stereocenters. The third-order valence-corrected chi connectivity index (χ3v) is 2.70. The zero-order valence-corrected chi connectivity index (χ0v) is 12.5. The zero-order valence-electron chi connectivity index (χ0n) is 12.5. The van der Waals surface area contributed by atoms with E-state index in [9.17, 15) is 4.79 Å². The molecule has 1 heterocycles. The standard InChI is InChI=1S/C14H24N4O2/c1-18(2)9-8-16-13-11-12(5-7-15-13)14(19)17-6-4-10-20-3/h5,7,11H,4,6,8-10H2,1-3H3,(H,15,16)(H,17,19). The van der Waals surface area contributed by atoms with Crippen molar-refractivity contribution in [1.82, 2.24) is 15.2 Å². The van der Waals surface area contributed by atoms with Crippen molar-refractivity contribution < 1.29 is 9.53 Å². The van der Waals surface area contributed by atoms with Gasteiger partial charge in [0.1, 0.15) is 5.82 Å². The predicted molar refractivity (Wildman–Crippen MR) is 80.1 cm³/mol. The summed E-state index contributed by atoms with van der Waals surface area (Å²) in [6.07, 6.45) is 2.45. The fourth-order valence-electron chi connectivity index (χ4n) is 1.60. The summed E-state index contributed by atoms with van der Waals surface area (Å²) in [6, 6.07) is 3.48. The van der Waals surface area contributed by atoms with Crippen LogP contribution < -0.4 is 10.6 Å². The number of carbonyl (C=O) groups is 1. The van der Waals surface area contributed by atoms with Crippen molar-refractivity contribution in [3.8, 4) is 0 Å². The molecule has 0 fully saturated rings. The number of pyridine rings is 1. The monoisotopic (exact) mass is 280 g/mol. The molecule has 0 saturated carbocycles. The molecular formula is C14H24N4O2. The number of hydrogen-bond acceptors (Lipinski definition) is 5. The van der Waals surface area contributed by atoms with Gasteiger partial charge >= 0.3 is 0 Å². The van der Waals surface area contributed by atoms with Crippen molar-refractivity contribution >= 4 is 11.7 Å². The molecule has 1 amide bonds. The van der Waals surface area contributed by atoms with E-state index in [1.807, 2.05) is 14.1 Å². The van der Waals surface area contributed by atoms with Crippen LogP contribution in [0, 0.1) is 0 Å². The molecule has 112 valence electrons. The molecule has 0 saturated heterocycles. The van der Waals surface area contributed by atoms with Crippen molar-refractivity contribution in [1.29, 1.82) is 0 Å². The average Bonchev–Trinajstić information content (AvgIpc) is 2.43. The smallest absolute Gasteiger partial charge is 0.251 e. The number of hydrogen-bond donors (Lipinski definition) is 2. The highest BCUT2D eigenvalue weighted by atomic mass is 16.5. The van der Waals surface area contributed by atoms with Crippen molar-refractivity contribution in [3.05, 3.63) is 23.9 Å². The molecule has 0 aliphatic rings. The fraction of sp³-hybridized carbons (Fsp3) is 0.571. The Kier molecular flexibility index (Phi) is 7.60. The van der Waals surface area contributed by atoms with E-state index >= 15 is 0 Å². The summed E-state index contributed by atoms with van der Waals surface area (Å²) in [6.45, 7) is 2.96. The van der Waals surface area contributed by atoms with E-state index in [0.717, 1.165) is 25.3 Å². The van der Waals surface area contributed by atoms with Gasteiger partial charge in [-0.2, -0.15) is 0 Å². The third-order valence-electron chi connectivity index (χ3n) is 2.70. The van der Waals surface area contributed by atoms with Gasteiger partial charge in [-0.1, -0.05) is 0 Å². The van der Waals surface area contributed by atoms with Gasteiger partial charge in [0.05, 0.1) is 0 Å². The summed E-state index contributed by atoms with van der Waals surface area (Å²) >= 11 is 0. The van der Waals surface area contributed by atoms with Crippen LogP contribution in [0.1, 0.15) is 16.8 Å². The topological polar surface area (TPSA) is 66.5 Å².